The third-order valence-electron chi connectivity index (χ3n) is 4.56. The van der Waals surface area contributed by atoms with Crippen molar-refractivity contribution in [3.8, 4) is 34.8 Å². The zero-order valence-electron chi connectivity index (χ0n) is 16.0. The second kappa shape index (κ2) is 9.64. The Kier molecular flexibility index (Phi) is 6.50. The Bertz CT molecular complexity index is 1220. The molecule has 0 amide bonds. The first-order valence-electron chi connectivity index (χ1n) is 9.44. The van der Waals surface area contributed by atoms with E-state index in [1.807, 2.05) is 72.8 Å². The van der Waals surface area contributed by atoms with Gasteiger partial charge >= 0.3 is 0 Å². The minimum Gasteiger partial charge on any atom is -0.0616 e. The minimum atomic E-state index is 0.967. The van der Waals surface area contributed by atoms with Crippen LogP contribution in [0.2, 0.25) is 0 Å². The molecule has 30 heavy (non-hydrogen) atoms. The summed E-state index contributed by atoms with van der Waals surface area (Å²) in [5, 5.41) is 0. The Morgan fingerprint density at radius 2 is 0.667 bits per heavy atom. The first kappa shape index (κ1) is 20.2. The normalized spacial score (nSPS) is 9.80. The van der Waals surface area contributed by atoms with Crippen LogP contribution in [-0.2, 0) is 0 Å². The van der Waals surface area contributed by atoms with Gasteiger partial charge in [-0.3, -0.25) is 0 Å². The van der Waals surface area contributed by atoms with E-state index in [2.05, 4.69) is 79.8 Å². The molecule has 0 unspecified atom stereocenters. The van der Waals surface area contributed by atoms with E-state index in [0.29, 0.717) is 0 Å². The molecule has 0 saturated heterocycles. The van der Waals surface area contributed by atoms with Gasteiger partial charge in [0.25, 0.3) is 0 Å². The molecule has 0 radical (unpaired) electrons. The van der Waals surface area contributed by atoms with Crippen molar-refractivity contribution >= 4 is 31.9 Å². The highest BCUT2D eigenvalue weighted by atomic mass is 79.9. The lowest BCUT2D eigenvalue weighted by molar-refractivity contribution is 1.54. The van der Waals surface area contributed by atoms with Crippen LogP contribution in [0.5, 0.6) is 0 Å². The first-order valence-corrected chi connectivity index (χ1v) is 11.0. The van der Waals surface area contributed by atoms with Crippen LogP contribution in [0.3, 0.4) is 0 Å². The van der Waals surface area contributed by atoms with Crippen molar-refractivity contribution in [2.45, 2.75) is 0 Å². The van der Waals surface area contributed by atoms with Gasteiger partial charge in [-0.05, 0) is 79.4 Å². The summed E-state index contributed by atoms with van der Waals surface area (Å²) in [4.78, 5) is 0. The number of hydrogen-bond acceptors (Lipinski definition) is 0. The summed E-state index contributed by atoms with van der Waals surface area (Å²) in [6.45, 7) is 0. The van der Waals surface area contributed by atoms with Crippen LogP contribution in [0.15, 0.2) is 106 Å². The molecule has 0 aliphatic heterocycles. The standard InChI is InChI=1S/C28H16Br2/c29-27-15-7-3-11-23(27)19-17-21-9-1-5-13-25(21)26-14-6-2-10-22(26)18-20-24-12-4-8-16-28(24)30/h1-16H. The van der Waals surface area contributed by atoms with Gasteiger partial charge in [0.1, 0.15) is 0 Å². The van der Waals surface area contributed by atoms with Crippen LogP contribution in [0.1, 0.15) is 22.3 Å². The van der Waals surface area contributed by atoms with Gasteiger partial charge in [-0.15, -0.1) is 0 Å². The van der Waals surface area contributed by atoms with Crippen LogP contribution < -0.4 is 0 Å². The van der Waals surface area contributed by atoms with Gasteiger partial charge in [-0.1, -0.05) is 84.3 Å². The zero-order valence-corrected chi connectivity index (χ0v) is 19.2. The molecule has 0 saturated carbocycles. The Morgan fingerprint density at radius 3 is 1.07 bits per heavy atom. The predicted molar refractivity (Wildman–Crippen MR) is 132 cm³/mol. The summed E-state index contributed by atoms with van der Waals surface area (Å²) < 4.78 is 1.99. The Hall–Kier alpha value is -3.04. The van der Waals surface area contributed by atoms with Gasteiger partial charge in [-0.2, -0.15) is 0 Å². The molecule has 4 rings (SSSR count). The molecule has 0 aliphatic rings. The largest absolute Gasteiger partial charge is 0.0616 e. The maximum absolute atomic E-state index is 3.57. The van der Waals surface area contributed by atoms with Crippen molar-refractivity contribution in [1.82, 2.24) is 0 Å². The fraction of sp³-hybridized carbons (Fsp3) is 0. The molecule has 0 heterocycles. The second-order valence-electron chi connectivity index (χ2n) is 6.55. The lowest BCUT2D eigenvalue weighted by Crippen LogP contribution is -1.89. The SMILES string of the molecule is Brc1ccccc1C#Cc1ccccc1-c1ccccc1C#Cc1ccccc1Br. The van der Waals surface area contributed by atoms with E-state index in [-0.39, 0.29) is 0 Å². The molecule has 0 N–H and O–H groups in total. The summed E-state index contributed by atoms with van der Waals surface area (Å²) in [6.07, 6.45) is 0. The third-order valence-corrected chi connectivity index (χ3v) is 5.94. The van der Waals surface area contributed by atoms with Crippen LogP contribution >= 0.6 is 31.9 Å². The first-order chi connectivity index (χ1) is 14.7. The third kappa shape index (κ3) is 4.74. The predicted octanol–water partition coefficient (Wildman–Crippen LogP) is 7.68. The highest BCUT2D eigenvalue weighted by molar-refractivity contribution is 9.10. The second-order valence-corrected chi connectivity index (χ2v) is 8.26. The van der Waals surface area contributed by atoms with E-state index in [0.717, 1.165) is 42.3 Å². The monoisotopic (exact) mass is 510 g/mol. The van der Waals surface area contributed by atoms with E-state index in [1.54, 1.807) is 0 Å². The molecule has 0 spiro atoms. The van der Waals surface area contributed by atoms with Crippen molar-refractivity contribution in [1.29, 1.82) is 0 Å². The van der Waals surface area contributed by atoms with Gasteiger partial charge < -0.3 is 0 Å². The number of halogens is 2. The van der Waals surface area contributed by atoms with Crippen molar-refractivity contribution in [2.75, 3.05) is 0 Å². The molecule has 0 aliphatic carbocycles. The van der Waals surface area contributed by atoms with Crippen LogP contribution in [0.4, 0.5) is 0 Å². The quantitative estimate of drug-likeness (QED) is 0.230. The minimum absolute atomic E-state index is 0.967. The van der Waals surface area contributed by atoms with E-state index < -0.39 is 0 Å². The number of benzene rings is 4. The van der Waals surface area contributed by atoms with E-state index >= 15 is 0 Å². The Labute approximate surface area is 194 Å². The Balaban J connectivity index is 1.77. The van der Waals surface area contributed by atoms with Crippen molar-refractivity contribution in [3.05, 3.63) is 128 Å². The molecule has 0 atom stereocenters. The van der Waals surface area contributed by atoms with Crippen LogP contribution in [-0.4, -0.2) is 0 Å². The average molecular weight is 512 g/mol. The summed E-state index contributed by atoms with van der Waals surface area (Å²) in [5.74, 6) is 13.3. The molecule has 4 aromatic carbocycles. The lowest BCUT2D eigenvalue weighted by Gasteiger charge is -2.07. The summed E-state index contributed by atoms with van der Waals surface area (Å²) in [5.41, 5.74) is 6.04. The van der Waals surface area contributed by atoms with Crippen LogP contribution in [0.25, 0.3) is 11.1 Å². The van der Waals surface area contributed by atoms with Gasteiger partial charge in [0, 0.05) is 31.2 Å². The Morgan fingerprint density at radius 1 is 0.367 bits per heavy atom. The fourth-order valence-electron chi connectivity index (χ4n) is 3.05. The van der Waals surface area contributed by atoms with Gasteiger partial charge in [0.15, 0.2) is 0 Å². The molecule has 0 aromatic heterocycles. The summed E-state index contributed by atoms with van der Waals surface area (Å²) in [7, 11) is 0. The molecular formula is C28H16Br2. The van der Waals surface area contributed by atoms with E-state index in [4.69, 9.17) is 0 Å². The van der Waals surface area contributed by atoms with E-state index in [9.17, 15) is 0 Å². The van der Waals surface area contributed by atoms with Gasteiger partial charge in [0.05, 0.1) is 0 Å². The van der Waals surface area contributed by atoms with Crippen LogP contribution in [0, 0.1) is 23.7 Å². The van der Waals surface area contributed by atoms with E-state index in [1.165, 1.54) is 0 Å². The number of hydrogen-bond donors (Lipinski definition) is 0. The molecular weight excluding hydrogens is 496 g/mol. The summed E-state index contributed by atoms with van der Waals surface area (Å²) in [6, 6.07) is 32.4. The number of rotatable bonds is 1. The molecule has 0 nitrogen and oxygen atoms in total. The molecule has 0 bridgehead atoms. The maximum Gasteiger partial charge on any atom is 0.0391 e. The lowest BCUT2D eigenvalue weighted by atomic mass is 9.95. The molecule has 142 valence electrons. The molecule has 4 aromatic rings. The molecule has 2 heteroatoms. The zero-order chi connectivity index (χ0) is 20.8. The summed E-state index contributed by atoms with van der Waals surface area (Å²) >= 11 is 7.14. The van der Waals surface area contributed by atoms with Gasteiger partial charge in [0.2, 0.25) is 0 Å². The maximum atomic E-state index is 3.57. The topological polar surface area (TPSA) is 0 Å². The van der Waals surface area contributed by atoms with Crippen molar-refractivity contribution < 1.29 is 0 Å². The highest BCUT2D eigenvalue weighted by Gasteiger charge is 2.07. The highest BCUT2D eigenvalue weighted by Crippen LogP contribution is 2.27. The smallest absolute Gasteiger partial charge is 0.0391 e. The van der Waals surface area contributed by atoms with Crippen molar-refractivity contribution in [2.24, 2.45) is 0 Å². The van der Waals surface area contributed by atoms with Crippen molar-refractivity contribution in [3.63, 3.8) is 0 Å². The molecule has 0 fully saturated rings. The van der Waals surface area contributed by atoms with Gasteiger partial charge in [-0.25, -0.2) is 0 Å². The average Bonchev–Trinajstić information content (AvgIpc) is 2.78. The fourth-order valence-corrected chi connectivity index (χ4v) is 3.82.